The number of carbonyl (C=O) groups excluding carboxylic acids is 1. The molecule has 0 saturated heterocycles. The van der Waals surface area contributed by atoms with E-state index in [0.29, 0.717) is 18.1 Å². The third-order valence-electron chi connectivity index (χ3n) is 3.31. The molecule has 0 saturated carbocycles. The Balaban J connectivity index is 1.84. The Morgan fingerprint density at radius 3 is 2.91 bits per heavy atom. The van der Waals surface area contributed by atoms with Gasteiger partial charge in [-0.2, -0.15) is 0 Å². The number of nitrogens with zero attached hydrogens (tertiary/aromatic N) is 1. The molecule has 3 aromatic rings. The topological polar surface area (TPSA) is 67.0 Å². The number of amides is 1. The molecule has 0 bridgehead atoms. The van der Waals surface area contributed by atoms with E-state index in [-0.39, 0.29) is 5.91 Å². The van der Waals surface area contributed by atoms with E-state index >= 15 is 0 Å². The maximum Gasteiger partial charge on any atom is 0.273 e. The van der Waals surface area contributed by atoms with Crippen LogP contribution in [0.4, 0.5) is 5.82 Å². The maximum atomic E-state index is 12.3. The molecule has 2 heterocycles. The molecule has 0 fully saturated rings. The van der Waals surface area contributed by atoms with Gasteiger partial charge < -0.3 is 15.0 Å². The van der Waals surface area contributed by atoms with Crippen LogP contribution in [0.15, 0.2) is 42.6 Å². The van der Waals surface area contributed by atoms with E-state index in [0.717, 1.165) is 22.2 Å². The Bertz CT molecular complexity index is 824. The predicted octanol–water partition coefficient (Wildman–Crippen LogP) is 3.52. The fraction of sp³-hybridized carbons (Fsp3) is 0.176. The minimum absolute atomic E-state index is 0.216. The molecule has 0 atom stereocenters. The molecule has 2 aromatic heterocycles. The van der Waals surface area contributed by atoms with Gasteiger partial charge in [0.15, 0.2) is 0 Å². The van der Waals surface area contributed by atoms with Gasteiger partial charge in [0.05, 0.1) is 6.61 Å². The lowest BCUT2D eigenvalue weighted by Gasteiger charge is -2.03. The molecule has 0 spiro atoms. The summed E-state index contributed by atoms with van der Waals surface area (Å²) in [5.74, 6) is 1.11. The first-order chi connectivity index (χ1) is 10.7. The van der Waals surface area contributed by atoms with Gasteiger partial charge >= 0.3 is 0 Å². The first-order valence-corrected chi connectivity index (χ1v) is 7.15. The standard InChI is InChI=1S/C17H17N3O2/c1-3-22-13-5-4-12-9-15(19-14(12)10-13)17(21)20-16-8-11(2)6-7-18-16/h4-10,19H,3H2,1-2H3,(H,18,20,21). The largest absolute Gasteiger partial charge is 0.494 e. The van der Waals surface area contributed by atoms with Crippen LogP contribution >= 0.6 is 0 Å². The van der Waals surface area contributed by atoms with Crippen LogP contribution in [0, 0.1) is 6.92 Å². The zero-order chi connectivity index (χ0) is 15.5. The molecule has 1 aromatic carbocycles. The van der Waals surface area contributed by atoms with E-state index in [4.69, 9.17) is 4.74 Å². The summed E-state index contributed by atoms with van der Waals surface area (Å²) in [4.78, 5) is 19.5. The van der Waals surface area contributed by atoms with E-state index in [9.17, 15) is 4.79 Å². The van der Waals surface area contributed by atoms with Crippen LogP contribution in [0.25, 0.3) is 10.9 Å². The number of carbonyl (C=O) groups is 1. The van der Waals surface area contributed by atoms with Gasteiger partial charge in [0.2, 0.25) is 0 Å². The number of H-pyrrole nitrogens is 1. The Hall–Kier alpha value is -2.82. The lowest BCUT2D eigenvalue weighted by Crippen LogP contribution is -2.13. The Morgan fingerprint density at radius 2 is 2.14 bits per heavy atom. The van der Waals surface area contributed by atoms with Crippen molar-refractivity contribution in [3.63, 3.8) is 0 Å². The number of pyridine rings is 1. The Morgan fingerprint density at radius 1 is 1.27 bits per heavy atom. The molecule has 0 radical (unpaired) electrons. The summed E-state index contributed by atoms with van der Waals surface area (Å²) in [5.41, 5.74) is 2.41. The summed E-state index contributed by atoms with van der Waals surface area (Å²) >= 11 is 0. The molecule has 0 aliphatic heterocycles. The number of ether oxygens (including phenoxy) is 1. The van der Waals surface area contributed by atoms with E-state index in [1.54, 1.807) is 6.20 Å². The summed E-state index contributed by atoms with van der Waals surface area (Å²) in [6, 6.07) is 11.2. The number of hydrogen-bond acceptors (Lipinski definition) is 3. The van der Waals surface area contributed by atoms with Crippen LogP contribution in [0.5, 0.6) is 5.75 Å². The number of aromatic amines is 1. The van der Waals surface area contributed by atoms with Crippen LogP contribution < -0.4 is 10.1 Å². The minimum atomic E-state index is -0.216. The molecule has 0 unspecified atom stereocenters. The zero-order valence-electron chi connectivity index (χ0n) is 12.5. The first kappa shape index (κ1) is 14.1. The molecule has 3 rings (SSSR count). The fourth-order valence-corrected chi connectivity index (χ4v) is 2.27. The number of fused-ring (bicyclic) bond motifs is 1. The molecule has 22 heavy (non-hydrogen) atoms. The highest BCUT2D eigenvalue weighted by atomic mass is 16.5. The minimum Gasteiger partial charge on any atom is -0.494 e. The monoisotopic (exact) mass is 295 g/mol. The van der Waals surface area contributed by atoms with Crippen molar-refractivity contribution in [3.8, 4) is 5.75 Å². The Kier molecular flexibility index (Phi) is 3.78. The highest BCUT2D eigenvalue weighted by Gasteiger charge is 2.11. The van der Waals surface area contributed by atoms with Gasteiger partial charge in [-0.05, 0) is 49.7 Å². The van der Waals surface area contributed by atoms with Crippen molar-refractivity contribution in [2.24, 2.45) is 0 Å². The summed E-state index contributed by atoms with van der Waals surface area (Å²) in [6.07, 6.45) is 1.67. The summed E-state index contributed by atoms with van der Waals surface area (Å²) in [7, 11) is 0. The van der Waals surface area contributed by atoms with E-state index < -0.39 is 0 Å². The number of anilines is 1. The van der Waals surface area contributed by atoms with Crippen LogP contribution in [0.3, 0.4) is 0 Å². The number of aromatic nitrogens is 2. The van der Waals surface area contributed by atoms with Crippen LogP contribution in [0.1, 0.15) is 23.0 Å². The normalized spacial score (nSPS) is 10.6. The number of hydrogen-bond donors (Lipinski definition) is 2. The van der Waals surface area contributed by atoms with Crippen molar-refractivity contribution < 1.29 is 9.53 Å². The molecular weight excluding hydrogens is 278 g/mol. The van der Waals surface area contributed by atoms with E-state index in [1.165, 1.54) is 0 Å². The molecule has 5 nitrogen and oxygen atoms in total. The summed E-state index contributed by atoms with van der Waals surface area (Å²) in [5, 5.41) is 3.75. The van der Waals surface area contributed by atoms with Gasteiger partial charge in [0.1, 0.15) is 17.3 Å². The molecule has 112 valence electrons. The average molecular weight is 295 g/mol. The van der Waals surface area contributed by atoms with Gasteiger partial charge in [-0.25, -0.2) is 4.98 Å². The second-order valence-electron chi connectivity index (χ2n) is 5.04. The van der Waals surface area contributed by atoms with E-state index in [1.807, 2.05) is 50.2 Å². The van der Waals surface area contributed by atoms with Gasteiger partial charge in [0, 0.05) is 23.2 Å². The number of benzene rings is 1. The average Bonchev–Trinajstić information content (AvgIpc) is 2.91. The van der Waals surface area contributed by atoms with Crippen molar-refractivity contribution in [1.29, 1.82) is 0 Å². The van der Waals surface area contributed by atoms with E-state index in [2.05, 4.69) is 15.3 Å². The second-order valence-corrected chi connectivity index (χ2v) is 5.04. The highest BCUT2D eigenvalue weighted by molar-refractivity contribution is 6.05. The molecule has 1 amide bonds. The second kappa shape index (κ2) is 5.89. The molecule has 2 N–H and O–H groups in total. The predicted molar refractivity (Wildman–Crippen MR) is 86.4 cm³/mol. The quantitative estimate of drug-likeness (QED) is 0.774. The third-order valence-corrected chi connectivity index (χ3v) is 3.31. The van der Waals surface area contributed by atoms with Crippen LogP contribution in [-0.2, 0) is 0 Å². The van der Waals surface area contributed by atoms with Crippen molar-refractivity contribution >= 4 is 22.6 Å². The van der Waals surface area contributed by atoms with Gasteiger partial charge in [-0.15, -0.1) is 0 Å². The molecule has 5 heteroatoms. The van der Waals surface area contributed by atoms with Crippen molar-refractivity contribution in [3.05, 3.63) is 53.9 Å². The third kappa shape index (κ3) is 2.93. The first-order valence-electron chi connectivity index (χ1n) is 7.15. The number of nitrogens with one attached hydrogen (secondary N) is 2. The zero-order valence-corrected chi connectivity index (χ0v) is 12.5. The van der Waals surface area contributed by atoms with Crippen molar-refractivity contribution in [1.82, 2.24) is 9.97 Å². The smallest absolute Gasteiger partial charge is 0.273 e. The highest BCUT2D eigenvalue weighted by Crippen LogP contribution is 2.22. The number of aryl methyl sites for hydroxylation is 1. The van der Waals surface area contributed by atoms with Gasteiger partial charge in [-0.3, -0.25) is 4.79 Å². The fourth-order valence-electron chi connectivity index (χ4n) is 2.27. The maximum absolute atomic E-state index is 12.3. The molecule has 0 aliphatic carbocycles. The van der Waals surface area contributed by atoms with Crippen molar-refractivity contribution in [2.45, 2.75) is 13.8 Å². The van der Waals surface area contributed by atoms with Crippen molar-refractivity contribution in [2.75, 3.05) is 11.9 Å². The van der Waals surface area contributed by atoms with Crippen LogP contribution in [-0.4, -0.2) is 22.5 Å². The molecular formula is C17H17N3O2. The SMILES string of the molecule is CCOc1ccc2cc(C(=O)Nc3cc(C)ccn3)[nH]c2c1. The summed E-state index contributed by atoms with van der Waals surface area (Å²) in [6.45, 7) is 4.50. The van der Waals surface area contributed by atoms with Gasteiger partial charge in [-0.1, -0.05) is 0 Å². The summed E-state index contributed by atoms with van der Waals surface area (Å²) < 4.78 is 5.46. The Labute approximate surface area is 128 Å². The molecule has 0 aliphatic rings. The van der Waals surface area contributed by atoms with Crippen LogP contribution in [0.2, 0.25) is 0 Å². The van der Waals surface area contributed by atoms with Gasteiger partial charge in [0.25, 0.3) is 5.91 Å². The lowest BCUT2D eigenvalue weighted by molar-refractivity contribution is 0.102. The lowest BCUT2D eigenvalue weighted by atomic mass is 10.2. The number of rotatable bonds is 4.